The first-order valence-corrected chi connectivity index (χ1v) is 6.81. The summed E-state index contributed by atoms with van der Waals surface area (Å²) >= 11 is 0. The lowest BCUT2D eigenvalue weighted by Gasteiger charge is -2.16. The van der Waals surface area contributed by atoms with Crippen LogP contribution in [0.2, 0.25) is 0 Å². The highest BCUT2D eigenvalue weighted by Gasteiger charge is 2.14. The van der Waals surface area contributed by atoms with Gasteiger partial charge in [-0.15, -0.1) is 0 Å². The van der Waals surface area contributed by atoms with Crippen LogP contribution in [0.25, 0.3) is 0 Å². The molecule has 0 fully saturated rings. The first-order chi connectivity index (χ1) is 9.88. The minimum absolute atomic E-state index is 0.263. The number of anilines is 1. The lowest BCUT2D eigenvalue weighted by Crippen LogP contribution is -2.27. The van der Waals surface area contributed by atoms with E-state index in [4.69, 9.17) is 5.73 Å². The number of benzene rings is 2. The van der Waals surface area contributed by atoms with E-state index in [1.807, 2.05) is 26.0 Å². The van der Waals surface area contributed by atoms with E-state index in [-0.39, 0.29) is 17.8 Å². The fraction of sp³-hybridized carbons (Fsp3) is 0.235. The van der Waals surface area contributed by atoms with Crippen molar-refractivity contribution in [3.63, 3.8) is 0 Å². The molecule has 2 aromatic carbocycles. The zero-order valence-electron chi connectivity index (χ0n) is 12.4. The largest absolute Gasteiger partial charge is 0.398 e. The molecule has 21 heavy (non-hydrogen) atoms. The van der Waals surface area contributed by atoms with Crippen molar-refractivity contribution in [3.05, 3.63) is 64.5 Å². The maximum absolute atomic E-state index is 13.6. The van der Waals surface area contributed by atoms with Crippen LogP contribution in [0.3, 0.4) is 0 Å². The molecule has 0 saturated heterocycles. The van der Waals surface area contributed by atoms with E-state index in [9.17, 15) is 9.18 Å². The third-order valence-corrected chi connectivity index (χ3v) is 3.50. The SMILES string of the molecule is Cc1ccc(C(=O)NC(C)c2ccc(C)c(F)c2)c(N)c1. The van der Waals surface area contributed by atoms with Gasteiger partial charge in [-0.05, 0) is 55.7 Å². The van der Waals surface area contributed by atoms with Crippen LogP contribution in [-0.4, -0.2) is 5.91 Å². The van der Waals surface area contributed by atoms with Gasteiger partial charge in [0.15, 0.2) is 0 Å². The molecule has 0 saturated carbocycles. The van der Waals surface area contributed by atoms with Gasteiger partial charge in [-0.3, -0.25) is 4.79 Å². The molecule has 110 valence electrons. The Hall–Kier alpha value is -2.36. The highest BCUT2D eigenvalue weighted by Crippen LogP contribution is 2.19. The molecule has 0 heterocycles. The van der Waals surface area contributed by atoms with Crippen molar-refractivity contribution in [2.24, 2.45) is 0 Å². The minimum Gasteiger partial charge on any atom is -0.398 e. The van der Waals surface area contributed by atoms with E-state index >= 15 is 0 Å². The number of nitrogens with one attached hydrogen (secondary N) is 1. The Morgan fingerprint density at radius 3 is 2.52 bits per heavy atom. The molecule has 0 aromatic heterocycles. The quantitative estimate of drug-likeness (QED) is 0.848. The smallest absolute Gasteiger partial charge is 0.253 e. The Morgan fingerprint density at radius 1 is 1.19 bits per heavy atom. The van der Waals surface area contributed by atoms with Gasteiger partial charge in [0, 0.05) is 5.69 Å². The molecule has 2 aromatic rings. The molecule has 1 amide bonds. The number of carbonyl (C=O) groups excluding carboxylic acids is 1. The van der Waals surface area contributed by atoms with Crippen LogP contribution < -0.4 is 11.1 Å². The van der Waals surface area contributed by atoms with E-state index in [0.717, 1.165) is 11.1 Å². The number of hydrogen-bond acceptors (Lipinski definition) is 2. The summed E-state index contributed by atoms with van der Waals surface area (Å²) < 4.78 is 13.6. The second-order valence-electron chi connectivity index (χ2n) is 5.29. The van der Waals surface area contributed by atoms with Crippen LogP contribution >= 0.6 is 0 Å². The molecule has 1 unspecified atom stereocenters. The van der Waals surface area contributed by atoms with Crippen LogP contribution in [0.15, 0.2) is 36.4 Å². The number of amides is 1. The van der Waals surface area contributed by atoms with Crippen molar-refractivity contribution < 1.29 is 9.18 Å². The summed E-state index contributed by atoms with van der Waals surface area (Å²) in [5, 5.41) is 2.83. The molecule has 0 aliphatic carbocycles. The van der Waals surface area contributed by atoms with E-state index < -0.39 is 0 Å². The highest BCUT2D eigenvalue weighted by atomic mass is 19.1. The molecule has 0 spiro atoms. The highest BCUT2D eigenvalue weighted by molar-refractivity contribution is 5.99. The van der Waals surface area contributed by atoms with E-state index in [1.54, 1.807) is 25.1 Å². The van der Waals surface area contributed by atoms with Crippen molar-refractivity contribution in [2.45, 2.75) is 26.8 Å². The minimum atomic E-state index is -0.298. The van der Waals surface area contributed by atoms with Crippen molar-refractivity contribution in [2.75, 3.05) is 5.73 Å². The standard InChI is InChI=1S/C17H19FN2O/c1-10-4-7-14(16(19)8-10)17(21)20-12(3)13-6-5-11(2)15(18)9-13/h4-9,12H,19H2,1-3H3,(H,20,21). The summed E-state index contributed by atoms with van der Waals surface area (Å²) in [6, 6.07) is 9.94. The molecule has 0 radical (unpaired) electrons. The van der Waals surface area contributed by atoms with Gasteiger partial charge in [-0.1, -0.05) is 18.2 Å². The Bertz CT molecular complexity index is 682. The summed E-state index contributed by atoms with van der Waals surface area (Å²) in [7, 11) is 0. The topological polar surface area (TPSA) is 55.1 Å². The lowest BCUT2D eigenvalue weighted by atomic mass is 10.0. The summed E-state index contributed by atoms with van der Waals surface area (Å²) in [5.74, 6) is -0.538. The number of nitrogens with two attached hydrogens (primary N) is 1. The fourth-order valence-corrected chi connectivity index (χ4v) is 2.13. The van der Waals surface area contributed by atoms with Crippen molar-refractivity contribution in [1.82, 2.24) is 5.32 Å². The van der Waals surface area contributed by atoms with Gasteiger partial charge < -0.3 is 11.1 Å². The van der Waals surface area contributed by atoms with Gasteiger partial charge in [0.25, 0.3) is 5.91 Å². The molecule has 0 aliphatic heterocycles. The molecule has 3 nitrogen and oxygen atoms in total. The summed E-state index contributed by atoms with van der Waals surface area (Å²) in [6.45, 7) is 5.43. The fourth-order valence-electron chi connectivity index (χ4n) is 2.13. The number of nitrogen functional groups attached to an aromatic ring is 1. The van der Waals surface area contributed by atoms with Crippen LogP contribution in [0.4, 0.5) is 10.1 Å². The van der Waals surface area contributed by atoms with Crippen molar-refractivity contribution in [1.29, 1.82) is 0 Å². The van der Waals surface area contributed by atoms with Gasteiger partial charge in [-0.2, -0.15) is 0 Å². The number of rotatable bonds is 3. The molecular formula is C17H19FN2O. The molecule has 0 bridgehead atoms. The van der Waals surface area contributed by atoms with Crippen LogP contribution in [0.5, 0.6) is 0 Å². The number of aryl methyl sites for hydroxylation is 2. The Morgan fingerprint density at radius 2 is 1.90 bits per heavy atom. The molecule has 4 heteroatoms. The zero-order valence-corrected chi connectivity index (χ0v) is 12.4. The average molecular weight is 286 g/mol. The third kappa shape index (κ3) is 3.40. The summed E-state index contributed by atoms with van der Waals surface area (Å²) in [6.07, 6.45) is 0. The van der Waals surface area contributed by atoms with Crippen LogP contribution in [-0.2, 0) is 0 Å². The van der Waals surface area contributed by atoms with E-state index in [0.29, 0.717) is 16.8 Å². The predicted octanol–water partition coefficient (Wildman–Crippen LogP) is 3.52. The predicted molar refractivity (Wildman–Crippen MR) is 82.6 cm³/mol. The zero-order chi connectivity index (χ0) is 15.6. The summed E-state index contributed by atoms with van der Waals surface area (Å²) in [4.78, 5) is 12.2. The average Bonchev–Trinajstić information content (AvgIpc) is 2.41. The van der Waals surface area contributed by atoms with Gasteiger partial charge in [0.05, 0.1) is 11.6 Å². The second-order valence-corrected chi connectivity index (χ2v) is 5.29. The third-order valence-electron chi connectivity index (χ3n) is 3.50. The number of hydrogen-bond donors (Lipinski definition) is 2. The normalized spacial score (nSPS) is 12.0. The monoisotopic (exact) mass is 286 g/mol. The molecule has 3 N–H and O–H groups in total. The van der Waals surface area contributed by atoms with E-state index in [2.05, 4.69) is 5.32 Å². The van der Waals surface area contributed by atoms with Gasteiger partial charge in [0.2, 0.25) is 0 Å². The van der Waals surface area contributed by atoms with E-state index in [1.165, 1.54) is 6.07 Å². The number of halogens is 1. The molecule has 2 rings (SSSR count). The second kappa shape index (κ2) is 5.95. The first-order valence-electron chi connectivity index (χ1n) is 6.81. The molecule has 0 aliphatic rings. The van der Waals surface area contributed by atoms with Crippen LogP contribution in [0, 0.1) is 19.7 Å². The Labute approximate surface area is 124 Å². The maximum Gasteiger partial charge on any atom is 0.253 e. The van der Waals surface area contributed by atoms with Crippen molar-refractivity contribution in [3.8, 4) is 0 Å². The van der Waals surface area contributed by atoms with Gasteiger partial charge in [0.1, 0.15) is 5.82 Å². The maximum atomic E-state index is 13.6. The lowest BCUT2D eigenvalue weighted by molar-refractivity contribution is 0.0940. The number of carbonyl (C=O) groups is 1. The first kappa shape index (κ1) is 15.0. The van der Waals surface area contributed by atoms with Crippen molar-refractivity contribution >= 4 is 11.6 Å². The van der Waals surface area contributed by atoms with Crippen LogP contribution in [0.1, 0.15) is 40.0 Å². The Kier molecular flexibility index (Phi) is 4.26. The van der Waals surface area contributed by atoms with Gasteiger partial charge >= 0.3 is 0 Å². The molecule has 1 atom stereocenters. The molecular weight excluding hydrogens is 267 g/mol. The Balaban J connectivity index is 2.16. The van der Waals surface area contributed by atoms with Gasteiger partial charge in [-0.25, -0.2) is 4.39 Å². The summed E-state index contributed by atoms with van der Waals surface area (Å²) in [5.41, 5.74) is 9.03.